The quantitative estimate of drug-likeness (QED) is 0.794. The number of nitrogens with zero attached hydrogens (tertiary/aromatic N) is 1. The molecule has 0 aromatic heterocycles. The summed E-state index contributed by atoms with van der Waals surface area (Å²) < 4.78 is 11.6. The fraction of sp³-hybridized carbons (Fsp3) is 0.0714. The van der Waals surface area contributed by atoms with Crippen LogP contribution in [0.4, 0.5) is 5.69 Å². The number of rotatable bonds is 2. The molecule has 0 radical (unpaired) electrons. The van der Waals surface area contributed by atoms with Gasteiger partial charge in [-0.05, 0) is 29.7 Å². The van der Waals surface area contributed by atoms with E-state index in [2.05, 4.69) is 17.1 Å². The van der Waals surface area contributed by atoms with Gasteiger partial charge in [0.1, 0.15) is 0 Å². The van der Waals surface area contributed by atoms with Gasteiger partial charge in [0.25, 0.3) is 0 Å². The predicted molar refractivity (Wildman–Crippen MR) is 70.3 cm³/mol. The summed E-state index contributed by atoms with van der Waals surface area (Å²) in [4.78, 5) is 4.94. The molecule has 1 atom stereocenters. The van der Waals surface area contributed by atoms with Crippen LogP contribution in [0.1, 0.15) is 11.1 Å². The van der Waals surface area contributed by atoms with Crippen LogP contribution < -0.4 is 0 Å². The van der Waals surface area contributed by atoms with Crippen molar-refractivity contribution >= 4 is 22.0 Å². The summed E-state index contributed by atoms with van der Waals surface area (Å²) >= 11 is 0. The van der Waals surface area contributed by atoms with Gasteiger partial charge in [0, 0.05) is 0 Å². The Hall–Kier alpha value is -1.74. The first-order chi connectivity index (χ1) is 8.33. The Morgan fingerprint density at radius 3 is 2.65 bits per heavy atom. The molecule has 0 N–H and O–H groups in total. The van der Waals surface area contributed by atoms with Gasteiger partial charge in [-0.2, -0.15) is 0 Å². The van der Waals surface area contributed by atoms with Crippen LogP contribution in [0.25, 0.3) is 0 Å². The molecule has 0 fully saturated rings. The topological polar surface area (TPSA) is 29.4 Å². The van der Waals surface area contributed by atoms with Gasteiger partial charge in [0.05, 0.1) is 26.9 Å². The summed E-state index contributed by atoms with van der Waals surface area (Å²) in [5.41, 5.74) is 4.77. The average Bonchev–Trinajstić information content (AvgIpc) is 2.73. The molecule has 0 aliphatic carbocycles. The van der Waals surface area contributed by atoms with Crippen molar-refractivity contribution in [2.24, 2.45) is 4.99 Å². The van der Waals surface area contributed by atoms with Crippen molar-refractivity contribution in [2.45, 2.75) is 11.3 Å². The van der Waals surface area contributed by atoms with Crippen LogP contribution in [0.3, 0.4) is 0 Å². The van der Waals surface area contributed by atoms with Gasteiger partial charge >= 0.3 is 0 Å². The summed E-state index contributed by atoms with van der Waals surface area (Å²) in [6.07, 6.45) is 0.866. The maximum Gasteiger partial charge on any atom is 0.0984 e. The van der Waals surface area contributed by atoms with E-state index in [4.69, 9.17) is 0 Å². The second-order valence-corrected chi connectivity index (χ2v) is 5.24. The van der Waals surface area contributed by atoms with Crippen LogP contribution in [-0.2, 0) is 17.2 Å². The molecule has 3 heteroatoms. The average molecular weight is 241 g/mol. The lowest BCUT2D eigenvalue weighted by molar-refractivity contribution is 0.691. The highest BCUT2D eigenvalue weighted by atomic mass is 32.2. The zero-order chi connectivity index (χ0) is 11.7. The van der Waals surface area contributed by atoms with Gasteiger partial charge in [0.15, 0.2) is 0 Å². The molecule has 0 saturated carbocycles. The number of benzene rings is 2. The molecule has 2 aromatic carbocycles. The van der Waals surface area contributed by atoms with Crippen molar-refractivity contribution in [1.82, 2.24) is 0 Å². The predicted octanol–water partition coefficient (Wildman–Crippen LogP) is 3.06. The zero-order valence-electron chi connectivity index (χ0n) is 9.17. The third-order valence-electron chi connectivity index (χ3n) is 2.78. The maximum absolute atomic E-state index is 11.6. The fourth-order valence-electron chi connectivity index (χ4n) is 1.93. The van der Waals surface area contributed by atoms with Crippen LogP contribution in [0.5, 0.6) is 0 Å². The monoisotopic (exact) mass is 241 g/mol. The van der Waals surface area contributed by atoms with Crippen LogP contribution in [-0.4, -0.2) is 9.76 Å². The molecule has 0 amide bonds. The van der Waals surface area contributed by atoms with Crippen molar-refractivity contribution in [1.29, 1.82) is 0 Å². The number of aliphatic imine (C=N–C) groups is 1. The highest BCUT2D eigenvalue weighted by Gasteiger charge is 2.14. The fourth-order valence-corrected chi connectivity index (χ4v) is 2.85. The lowest BCUT2D eigenvalue weighted by atomic mass is 10.0. The lowest BCUT2D eigenvalue weighted by Crippen LogP contribution is -1.91. The summed E-state index contributed by atoms with van der Waals surface area (Å²) in [6, 6.07) is 16.2. The number of hydrogen-bond acceptors (Lipinski definition) is 2. The van der Waals surface area contributed by atoms with Crippen molar-refractivity contribution < 1.29 is 4.21 Å². The third-order valence-corrected chi connectivity index (χ3v) is 3.84. The smallest absolute Gasteiger partial charge is 0.0984 e. The molecule has 84 valence electrons. The van der Waals surface area contributed by atoms with Crippen LogP contribution >= 0.6 is 0 Å². The molecular weight excluding hydrogens is 230 g/mol. The lowest BCUT2D eigenvalue weighted by Gasteiger charge is -2.03. The van der Waals surface area contributed by atoms with Crippen molar-refractivity contribution in [3.63, 3.8) is 0 Å². The Balaban J connectivity index is 1.91. The summed E-state index contributed by atoms with van der Waals surface area (Å²) in [7, 11) is -1.06. The minimum atomic E-state index is -1.06. The third kappa shape index (κ3) is 2.06. The van der Waals surface area contributed by atoms with E-state index < -0.39 is 10.8 Å². The highest BCUT2D eigenvalue weighted by molar-refractivity contribution is 7.99. The summed E-state index contributed by atoms with van der Waals surface area (Å²) in [6.45, 7) is 0. The largest absolute Gasteiger partial charge is 0.248 e. The van der Waals surface area contributed by atoms with Crippen LogP contribution in [0.15, 0.2) is 58.4 Å². The van der Waals surface area contributed by atoms with Gasteiger partial charge in [-0.25, -0.2) is 9.20 Å². The van der Waals surface area contributed by atoms with E-state index in [1.54, 1.807) is 0 Å². The van der Waals surface area contributed by atoms with E-state index in [1.807, 2.05) is 36.4 Å². The summed E-state index contributed by atoms with van der Waals surface area (Å²) in [5, 5.41) is 0. The van der Waals surface area contributed by atoms with Gasteiger partial charge in [-0.3, -0.25) is 0 Å². The Labute approximate surface area is 102 Å². The normalized spacial score (nSPS) is 17.1. The SMILES string of the molecule is O=S1C=Nc2ccc(Cc3ccccc3)cc21. The zero-order valence-corrected chi connectivity index (χ0v) is 9.98. The molecule has 1 aliphatic heterocycles. The molecule has 1 heterocycles. The van der Waals surface area contributed by atoms with Gasteiger partial charge in [0.2, 0.25) is 0 Å². The second-order valence-electron chi connectivity index (χ2n) is 4.00. The molecule has 3 rings (SSSR count). The maximum atomic E-state index is 11.6. The van der Waals surface area contributed by atoms with Crippen molar-refractivity contribution in [3.05, 3.63) is 59.7 Å². The van der Waals surface area contributed by atoms with Crippen LogP contribution in [0, 0.1) is 0 Å². The van der Waals surface area contributed by atoms with Gasteiger partial charge in [-0.15, -0.1) is 0 Å². The molecular formula is C14H11NOS. The molecule has 17 heavy (non-hydrogen) atoms. The van der Waals surface area contributed by atoms with Gasteiger partial charge < -0.3 is 0 Å². The highest BCUT2D eigenvalue weighted by Crippen LogP contribution is 2.28. The van der Waals surface area contributed by atoms with E-state index in [1.165, 1.54) is 16.7 Å². The van der Waals surface area contributed by atoms with Crippen molar-refractivity contribution in [3.8, 4) is 0 Å². The van der Waals surface area contributed by atoms with E-state index in [9.17, 15) is 4.21 Å². The molecule has 2 aromatic rings. The first-order valence-corrected chi connectivity index (χ1v) is 6.66. The molecule has 1 aliphatic rings. The number of hydrogen-bond donors (Lipinski definition) is 0. The number of fused-ring (bicyclic) bond motifs is 1. The van der Waals surface area contributed by atoms with E-state index in [0.717, 1.165) is 17.0 Å². The molecule has 1 unspecified atom stereocenters. The first-order valence-electron chi connectivity index (χ1n) is 5.44. The molecule has 0 spiro atoms. The minimum absolute atomic E-state index is 0.832. The molecule has 0 bridgehead atoms. The Kier molecular flexibility index (Phi) is 2.61. The Morgan fingerprint density at radius 2 is 1.82 bits per heavy atom. The van der Waals surface area contributed by atoms with E-state index in [-0.39, 0.29) is 0 Å². The Morgan fingerprint density at radius 1 is 1.00 bits per heavy atom. The van der Waals surface area contributed by atoms with Crippen LogP contribution in [0.2, 0.25) is 0 Å². The summed E-state index contributed by atoms with van der Waals surface area (Å²) in [5.74, 6) is 0. The second kappa shape index (κ2) is 4.26. The van der Waals surface area contributed by atoms with Gasteiger partial charge in [-0.1, -0.05) is 36.4 Å². The standard InChI is InChI=1S/C14H11NOS/c16-17-10-15-13-7-6-12(9-14(13)17)8-11-4-2-1-3-5-11/h1-7,9-10H,8H2. The van der Waals surface area contributed by atoms with E-state index in [0.29, 0.717) is 0 Å². The van der Waals surface area contributed by atoms with E-state index >= 15 is 0 Å². The molecule has 0 saturated heterocycles. The molecule has 2 nitrogen and oxygen atoms in total. The van der Waals surface area contributed by atoms with Crippen molar-refractivity contribution in [2.75, 3.05) is 0 Å². The first kappa shape index (κ1) is 10.4. The minimum Gasteiger partial charge on any atom is -0.248 e. The Bertz CT molecular complexity index is 605.